The first-order valence-corrected chi connectivity index (χ1v) is 8.63. The lowest BCUT2D eigenvalue weighted by molar-refractivity contribution is 0.0948. The SMILES string of the molecule is CC(C)c1ccc(C(=O)NCc2ccc(-c3ccc(Cl)cc3)o2)cc1. The Balaban J connectivity index is 1.61. The van der Waals surface area contributed by atoms with Gasteiger partial charge < -0.3 is 9.73 Å². The molecule has 3 nitrogen and oxygen atoms in total. The Hall–Kier alpha value is -2.52. The number of carbonyl (C=O) groups is 1. The van der Waals surface area contributed by atoms with Crippen LogP contribution >= 0.6 is 11.6 Å². The van der Waals surface area contributed by atoms with Crippen LogP contribution in [0, 0.1) is 0 Å². The average molecular weight is 354 g/mol. The van der Waals surface area contributed by atoms with Crippen molar-refractivity contribution in [1.82, 2.24) is 5.32 Å². The monoisotopic (exact) mass is 353 g/mol. The minimum absolute atomic E-state index is 0.111. The lowest BCUT2D eigenvalue weighted by Gasteiger charge is -2.07. The van der Waals surface area contributed by atoms with E-state index in [1.807, 2.05) is 60.7 Å². The Morgan fingerprint density at radius 1 is 1.00 bits per heavy atom. The molecular formula is C21H20ClNO2. The summed E-state index contributed by atoms with van der Waals surface area (Å²) in [6, 6.07) is 18.9. The van der Waals surface area contributed by atoms with Gasteiger partial charge in [0.25, 0.3) is 5.91 Å². The molecule has 128 valence electrons. The van der Waals surface area contributed by atoms with Gasteiger partial charge in [0.1, 0.15) is 11.5 Å². The third-order valence-corrected chi connectivity index (χ3v) is 4.31. The van der Waals surface area contributed by atoms with Gasteiger partial charge in [-0.1, -0.05) is 37.6 Å². The van der Waals surface area contributed by atoms with E-state index >= 15 is 0 Å². The van der Waals surface area contributed by atoms with Crippen molar-refractivity contribution in [1.29, 1.82) is 0 Å². The highest BCUT2D eigenvalue weighted by Gasteiger charge is 2.09. The van der Waals surface area contributed by atoms with Crippen LogP contribution in [-0.2, 0) is 6.54 Å². The first-order valence-electron chi connectivity index (χ1n) is 8.26. The highest BCUT2D eigenvalue weighted by atomic mass is 35.5. The van der Waals surface area contributed by atoms with E-state index in [1.54, 1.807) is 0 Å². The van der Waals surface area contributed by atoms with Crippen LogP contribution in [-0.4, -0.2) is 5.91 Å². The van der Waals surface area contributed by atoms with Crippen molar-refractivity contribution in [3.8, 4) is 11.3 Å². The highest BCUT2D eigenvalue weighted by molar-refractivity contribution is 6.30. The van der Waals surface area contributed by atoms with Crippen LogP contribution in [0.3, 0.4) is 0 Å². The molecule has 4 heteroatoms. The van der Waals surface area contributed by atoms with Crippen molar-refractivity contribution in [3.63, 3.8) is 0 Å². The van der Waals surface area contributed by atoms with E-state index in [0.717, 1.165) is 11.3 Å². The van der Waals surface area contributed by atoms with E-state index in [1.165, 1.54) is 5.56 Å². The molecule has 0 bridgehead atoms. The van der Waals surface area contributed by atoms with Gasteiger partial charge in [0, 0.05) is 16.1 Å². The number of carbonyl (C=O) groups excluding carboxylic acids is 1. The fourth-order valence-electron chi connectivity index (χ4n) is 2.53. The van der Waals surface area contributed by atoms with Crippen molar-refractivity contribution in [2.45, 2.75) is 26.3 Å². The summed E-state index contributed by atoms with van der Waals surface area (Å²) in [5.74, 6) is 1.80. The lowest BCUT2D eigenvalue weighted by atomic mass is 10.0. The minimum Gasteiger partial charge on any atom is -0.459 e. The van der Waals surface area contributed by atoms with Crippen LogP contribution in [0.1, 0.15) is 41.4 Å². The van der Waals surface area contributed by atoms with Crippen LogP contribution in [0.4, 0.5) is 0 Å². The molecule has 1 heterocycles. The Kier molecular flexibility index (Phi) is 5.25. The summed E-state index contributed by atoms with van der Waals surface area (Å²) in [6.07, 6.45) is 0. The summed E-state index contributed by atoms with van der Waals surface area (Å²) in [4.78, 5) is 12.2. The Morgan fingerprint density at radius 3 is 2.32 bits per heavy atom. The average Bonchev–Trinajstić information content (AvgIpc) is 3.09. The van der Waals surface area contributed by atoms with Crippen LogP contribution < -0.4 is 5.32 Å². The smallest absolute Gasteiger partial charge is 0.251 e. The van der Waals surface area contributed by atoms with Crippen LogP contribution in [0.2, 0.25) is 5.02 Å². The normalized spacial score (nSPS) is 10.9. The van der Waals surface area contributed by atoms with Gasteiger partial charge in [0.15, 0.2) is 0 Å². The topological polar surface area (TPSA) is 42.2 Å². The zero-order chi connectivity index (χ0) is 17.8. The number of benzene rings is 2. The second-order valence-electron chi connectivity index (χ2n) is 6.23. The molecule has 1 amide bonds. The van der Waals surface area contributed by atoms with Crippen LogP contribution in [0.25, 0.3) is 11.3 Å². The zero-order valence-electron chi connectivity index (χ0n) is 14.3. The number of amides is 1. The fraction of sp³-hybridized carbons (Fsp3) is 0.190. The van der Waals surface area contributed by atoms with E-state index in [0.29, 0.717) is 28.8 Å². The maximum Gasteiger partial charge on any atom is 0.251 e. The predicted molar refractivity (Wildman–Crippen MR) is 101 cm³/mol. The van der Waals surface area contributed by atoms with Gasteiger partial charge in [0.05, 0.1) is 6.54 Å². The van der Waals surface area contributed by atoms with Gasteiger partial charge in [0.2, 0.25) is 0 Å². The van der Waals surface area contributed by atoms with Gasteiger partial charge in [-0.3, -0.25) is 4.79 Å². The molecule has 3 aromatic rings. The zero-order valence-corrected chi connectivity index (χ0v) is 15.0. The molecule has 1 N–H and O–H groups in total. The first-order chi connectivity index (χ1) is 12.0. The largest absolute Gasteiger partial charge is 0.459 e. The van der Waals surface area contributed by atoms with E-state index in [2.05, 4.69) is 19.2 Å². The molecule has 1 aromatic heterocycles. The summed E-state index contributed by atoms with van der Waals surface area (Å²) in [5.41, 5.74) is 2.82. The molecule has 0 aliphatic carbocycles. The number of furan rings is 1. The lowest BCUT2D eigenvalue weighted by Crippen LogP contribution is -2.22. The van der Waals surface area contributed by atoms with Crippen molar-refractivity contribution in [2.24, 2.45) is 0 Å². The fourth-order valence-corrected chi connectivity index (χ4v) is 2.66. The molecule has 25 heavy (non-hydrogen) atoms. The summed E-state index contributed by atoms with van der Waals surface area (Å²) < 4.78 is 5.79. The van der Waals surface area contributed by atoms with Crippen LogP contribution in [0.15, 0.2) is 65.1 Å². The Labute approximate surface area is 152 Å². The van der Waals surface area contributed by atoms with E-state index < -0.39 is 0 Å². The van der Waals surface area contributed by atoms with Crippen LogP contribution in [0.5, 0.6) is 0 Å². The molecule has 3 rings (SSSR count). The van der Waals surface area contributed by atoms with Gasteiger partial charge in [-0.05, 0) is 60.0 Å². The number of halogens is 1. The summed E-state index contributed by atoms with van der Waals surface area (Å²) in [7, 11) is 0. The molecule has 0 unspecified atom stereocenters. The molecule has 0 saturated carbocycles. The quantitative estimate of drug-likeness (QED) is 0.643. The number of nitrogens with one attached hydrogen (secondary N) is 1. The Bertz CT molecular complexity index is 848. The number of rotatable bonds is 5. The molecule has 2 aromatic carbocycles. The summed E-state index contributed by atoms with van der Waals surface area (Å²) in [5, 5.41) is 3.57. The highest BCUT2D eigenvalue weighted by Crippen LogP contribution is 2.23. The van der Waals surface area contributed by atoms with Crippen molar-refractivity contribution in [2.75, 3.05) is 0 Å². The second-order valence-corrected chi connectivity index (χ2v) is 6.67. The summed E-state index contributed by atoms with van der Waals surface area (Å²) >= 11 is 5.90. The second kappa shape index (κ2) is 7.58. The Morgan fingerprint density at radius 2 is 1.68 bits per heavy atom. The van der Waals surface area contributed by atoms with Gasteiger partial charge in [-0.15, -0.1) is 0 Å². The van der Waals surface area contributed by atoms with E-state index in [4.69, 9.17) is 16.0 Å². The standard InChI is InChI=1S/C21H20ClNO2/c1-14(2)15-3-5-17(6-4-15)21(24)23-13-19-11-12-20(25-19)16-7-9-18(22)10-8-16/h3-12,14H,13H2,1-2H3,(H,23,24). The van der Waals surface area contributed by atoms with Gasteiger partial charge >= 0.3 is 0 Å². The molecule has 0 radical (unpaired) electrons. The maximum atomic E-state index is 12.2. The molecular weight excluding hydrogens is 334 g/mol. The third kappa shape index (κ3) is 4.31. The van der Waals surface area contributed by atoms with E-state index in [-0.39, 0.29) is 5.91 Å². The minimum atomic E-state index is -0.111. The predicted octanol–water partition coefficient (Wildman–Crippen LogP) is 5.65. The molecule has 0 saturated heterocycles. The van der Waals surface area contributed by atoms with Crippen molar-refractivity contribution >= 4 is 17.5 Å². The maximum absolute atomic E-state index is 12.2. The summed E-state index contributed by atoms with van der Waals surface area (Å²) in [6.45, 7) is 4.60. The molecule has 0 aliphatic rings. The third-order valence-electron chi connectivity index (χ3n) is 4.05. The molecule has 0 atom stereocenters. The van der Waals surface area contributed by atoms with Gasteiger partial charge in [-0.2, -0.15) is 0 Å². The number of hydrogen-bond donors (Lipinski definition) is 1. The molecule has 0 spiro atoms. The van der Waals surface area contributed by atoms with Crippen molar-refractivity contribution < 1.29 is 9.21 Å². The van der Waals surface area contributed by atoms with Gasteiger partial charge in [-0.25, -0.2) is 0 Å². The van der Waals surface area contributed by atoms with E-state index in [9.17, 15) is 4.79 Å². The first kappa shape index (κ1) is 17.3. The van der Waals surface area contributed by atoms with Crippen molar-refractivity contribution in [3.05, 3.63) is 82.6 Å². The molecule has 0 aliphatic heterocycles. The molecule has 0 fully saturated rings. The number of hydrogen-bond acceptors (Lipinski definition) is 2.